The van der Waals surface area contributed by atoms with Crippen LogP contribution in [0.15, 0.2) is 47.3 Å². The maximum absolute atomic E-state index is 12.6. The zero-order valence-corrected chi connectivity index (χ0v) is 13.1. The Kier molecular flexibility index (Phi) is 4.16. The number of halogens is 3. The Morgan fingerprint density at radius 3 is 2.40 bits per heavy atom. The van der Waals surface area contributed by atoms with E-state index in [-0.39, 0.29) is 17.8 Å². The first kappa shape index (κ1) is 16.9. The van der Waals surface area contributed by atoms with Crippen LogP contribution in [0.1, 0.15) is 27.2 Å². The Bertz CT molecular complexity index is 1010. The van der Waals surface area contributed by atoms with Gasteiger partial charge in [0.1, 0.15) is 0 Å². The molecule has 7 heteroatoms. The minimum Gasteiger partial charge on any atom is -0.294 e. The molecule has 1 N–H and O–H groups in total. The summed E-state index contributed by atoms with van der Waals surface area (Å²) in [6, 6.07) is 9.15. The van der Waals surface area contributed by atoms with Crippen molar-refractivity contribution in [2.75, 3.05) is 0 Å². The fourth-order valence-electron chi connectivity index (χ4n) is 2.57. The molecule has 0 aliphatic heterocycles. The molecule has 0 atom stereocenters. The number of Topliss-reactive ketones (excluding diaryl/α,β-unsaturated/α-hetero) is 1. The number of aromatic nitrogens is 2. The molecule has 25 heavy (non-hydrogen) atoms. The van der Waals surface area contributed by atoms with E-state index in [1.165, 1.54) is 18.2 Å². The lowest BCUT2D eigenvalue weighted by atomic mass is 9.99. The molecule has 0 saturated heterocycles. The van der Waals surface area contributed by atoms with Crippen LogP contribution in [0, 0.1) is 6.92 Å². The van der Waals surface area contributed by atoms with Crippen molar-refractivity contribution in [3.63, 3.8) is 0 Å². The van der Waals surface area contributed by atoms with E-state index in [4.69, 9.17) is 0 Å². The van der Waals surface area contributed by atoms with Gasteiger partial charge in [0.05, 0.1) is 16.6 Å². The molecule has 3 rings (SSSR count). The van der Waals surface area contributed by atoms with Crippen molar-refractivity contribution in [2.24, 2.45) is 0 Å². The largest absolute Gasteiger partial charge is 0.416 e. The van der Waals surface area contributed by atoms with Gasteiger partial charge >= 0.3 is 6.18 Å². The molecule has 0 fully saturated rings. The van der Waals surface area contributed by atoms with E-state index in [2.05, 4.69) is 10.2 Å². The van der Waals surface area contributed by atoms with Crippen molar-refractivity contribution in [1.82, 2.24) is 10.2 Å². The summed E-state index contributed by atoms with van der Waals surface area (Å²) in [5.41, 5.74) is 0.346. The van der Waals surface area contributed by atoms with E-state index in [1.54, 1.807) is 19.1 Å². The minimum absolute atomic E-state index is 0.0285. The Hall–Kier alpha value is -2.96. The maximum Gasteiger partial charge on any atom is 0.416 e. The molecule has 0 bridgehead atoms. The van der Waals surface area contributed by atoms with Crippen molar-refractivity contribution in [3.8, 4) is 0 Å². The van der Waals surface area contributed by atoms with Crippen molar-refractivity contribution >= 4 is 16.6 Å². The molecule has 0 spiro atoms. The Morgan fingerprint density at radius 2 is 1.76 bits per heavy atom. The predicted molar refractivity (Wildman–Crippen MR) is 86.6 cm³/mol. The van der Waals surface area contributed by atoms with Crippen LogP contribution < -0.4 is 5.56 Å². The molecule has 1 heterocycles. The normalized spacial score (nSPS) is 11.7. The molecule has 128 valence electrons. The molecule has 2 aromatic carbocycles. The molecule has 0 saturated carbocycles. The molecule has 0 amide bonds. The van der Waals surface area contributed by atoms with E-state index in [1.807, 2.05) is 0 Å². The van der Waals surface area contributed by atoms with Gasteiger partial charge in [-0.25, -0.2) is 5.10 Å². The lowest BCUT2D eigenvalue weighted by molar-refractivity contribution is -0.137. The fourth-order valence-corrected chi connectivity index (χ4v) is 2.57. The third-order valence-electron chi connectivity index (χ3n) is 3.95. The van der Waals surface area contributed by atoms with Crippen LogP contribution in [-0.2, 0) is 12.6 Å². The van der Waals surface area contributed by atoms with Gasteiger partial charge in [0.25, 0.3) is 5.56 Å². The lowest BCUT2D eigenvalue weighted by Crippen LogP contribution is -2.11. The van der Waals surface area contributed by atoms with E-state index in [0.717, 1.165) is 12.1 Å². The molecular formula is C18H13F3N2O2. The highest BCUT2D eigenvalue weighted by Gasteiger charge is 2.30. The number of aryl methyl sites for hydroxylation is 1. The Morgan fingerprint density at radius 1 is 1.08 bits per heavy atom. The minimum atomic E-state index is -4.40. The van der Waals surface area contributed by atoms with Crippen LogP contribution in [0.5, 0.6) is 0 Å². The smallest absolute Gasteiger partial charge is 0.294 e. The highest BCUT2D eigenvalue weighted by Crippen LogP contribution is 2.29. The van der Waals surface area contributed by atoms with Crippen LogP contribution in [0.3, 0.4) is 0 Å². The van der Waals surface area contributed by atoms with E-state index < -0.39 is 11.7 Å². The van der Waals surface area contributed by atoms with E-state index in [9.17, 15) is 22.8 Å². The van der Waals surface area contributed by atoms with Crippen molar-refractivity contribution in [1.29, 1.82) is 0 Å². The van der Waals surface area contributed by atoms with Gasteiger partial charge in [0.15, 0.2) is 5.78 Å². The number of hydrogen-bond donors (Lipinski definition) is 1. The van der Waals surface area contributed by atoms with Gasteiger partial charge in [-0.1, -0.05) is 18.2 Å². The number of alkyl halides is 3. The third kappa shape index (κ3) is 3.45. The second kappa shape index (κ2) is 6.16. The first-order valence-corrected chi connectivity index (χ1v) is 7.44. The summed E-state index contributed by atoms with van der Waals surface area (Å²) >= 11 is 0. The number of fused-ring (bicyclic) bond motifs is 1. The molecular weight excluding hydrogens is 333 g/mol. The highest BCUT2D eigenvalue weighted by atomic mass is 19.4. The molecule has 0 aliphatic carbocycles. The summed E-state index contributed by atoms with van der Waals surface area (Å²) in [6.45, 7) is 1.71. The topological polar surface area (TPSA) is 62.8 Å². The third-order valence-corrected chi connectivity index (χ3v) is 3.95. The first-order valence-electron chi connectivity index (χ1n) is 7.44. The Labute approximate surface area is 140 Å². The number of carbonyl (C=O) groups excluding carboxylic acids is 1. The molecule has 0 aliphatic rings. The van der Waals surface area contributed by atoms with Crippen LogP contribution >= 0.6 is 0 Å². The quantitative estimate of drug-likeness (QED) is 0.736. The second-order valence-corrected chi connectivity index (χ2v) is 5.69. The first-order chi connectivity index (χ1) is 11.8. The molecule has 4 nitrogen and oxygen atoms in total. The zero-order valence-electron chi connectivity index (χ0n) is 13.1. The van der Waals surface area contributed by atoms with Crippen molar-refractivity contribution in [3.05, 3.63) is 75.2 Å². The number of aromatic amines is 1. The molecule has 0 radical (unpaired) electrons. The summed E-state index contributed by atoms with van der Waals surface area (Å²) in [5, 5.41) is 7.24. The van der Waals surface area contributed by atoms with Crippen LogP contribution in [0.4, 0.5) is 13.2 Å². The van der Waals surface area contributed by atoms with Crippen LogP contribution in [0.2, 0.25) is 0 Å². The number of rotatable bonds is 3. The van der Waals surface area contributed by atoms with Gasteiger partial charge in [-0.3, -0.25) is 9.59 Å². The average molecular weight is 346 g/mol. The SMILES string of the molecule is Cc1n[nH]c(=O)c2ccc(C(=O)Cc3ccc(C(F)(F)F)cc3)cc12. The monoisotopic (exact) mass is 346 g/mol. The number of ketones is 1. The fraction of sp³-hybridized carbons (Fsp3) is 0.167. The second-order valence-electron chi connectivity index (χ2n) is 5.69. The zero-order chi connectivity index (χ0) is 18.2. The lowest BCUT2D eigenvalue weighted by Gasteiger charge is -2.08. The summed E-state index contributed by atoms with van der Waals surface area (Å²) in [5.74, 6) is -0.249. The number of carbonyl (C=O) groups is 1. The number of nitrogens with one attached hydrogen (secondary N) is 1. The number of benzene rings is 2. The summed E-state index contributed by atoms with van der Waals surface area (Å²) in [6.07, 6.45) is -4.43. The van der Waals surface area contributed by atoms with E-state index >= 15 is 0 Å². The van der Waals surface area contributed by atoms with Gasteiger partial charge in [-0.05, 0) is 36.8 Å². The van der Waals surface area contributed by atoms with Gasteiger partial charge in [-0.2, -0.15) is 18.3 Å². The number of hydrogen-bond acceptors (Lipinski definition) is 3. The summed E-state index contributed by atoms with van der Waals surface area (Å²) < 4.78 is 37.7. The van der Waals surface area contributed by atoms with Gasteiger partial charge in [0.2, 0.25) is 0 Å². The molecule has 1 aromatic heterocycles. The van der Waals surface area contributed by atoms with Gasteiger partial charge in [-0.15, -0.1) is 0 Å². The van der Waals surface area contributed by atoms with Gasteiger partial charge < -0.3 is 0 Å². The number of nitrogens with zero attached hydrogens (tertiary/aromatic N) is 1. The maximum atomic E-state index is 12.6. The summed E-state index contributed by atoms with van der Waals surface area (Å²) in [4.78, 5) is 24.1. The average Bonchev–Trinajstić information content (AvgIpc) is 2.57. The molecule has 3 aromatic rings. The Balaban J connectivity index is 1.87. The highest BCUT2D eigenvalue weighted by molar-refractivity contribution is 6.01. The predicted octanol–water partition coefficient (Wildman–Crippen LogP) is 3.68. The molecule has 0 unspecified atom stereocenters. The summed E-state index contributed by atoms with van der Waals surface area (Å²) in [7, 11) is 0. The van der Waals surface area contributed by atoms with Crippen molar-refractivity contribution in [2.45, 2.75) is 19.5 Å². The van der Waals surface area contributed by atoms with Crippen molar-refractivity contribution < 1.29 is 18.0 Å². The van der Waals surface area contributed by atoms with Crippen LogP contribution in [0.25, 0.3) is 10.8 Å². The van der Waals surface area contributed by atoms with Gasteiger partial charge in [0, 0.05) is 17.4 Å². The number of H-pyrrole nitrogens is 1. The standard InChI is InChI=1S/C18H13F3N2O2/c1-10-15-9-12(4-7-14(15)17(25)23-22-10)16(24)8-11-2-5-13(6-3-11)18(19,20)21/h2-7,9H,8H2,1H3,(H,23,25). The van der Waals surface area contributed by atoms with Crippen LogP contribution in [-0.4, -0.2) is 16.0 Å². The van der Waals surface area contributed by atoms with E-state index in [0.29, 0.717) is 27.6 Å².